The van der Waals surface area contributed by atoms with Crippen molar-refractivity contribution in [3.8, 4) is 0 Å². The van der Waals surface area contributed by atoms with E-state index in [0.29, 0.717) is 5.92 Å². The lowest BCUT2D eigenvalue weighted by atomic mass is 9.93. The van der Waals surface area contributed by atoms with Gasteiger partial charge in [-0.2, -0.15) is 0 Å². The van der Waals surface area contributed by atoms with E-state index >= 15 is 0 Å². The van der Waals surface area contributed by atoms with Crippen LogP contribution in [0.25, 0.3) is 0 Å². The average Bonchev–Trinajstić information content (AvgIpc) is 2.93. The van der Waals surface area contributed by atoms with Gasteiger partial charge in [-0.05, 0) is 31.6 Å². The highest BCUT2D eigenvalue weighted by Gasteiger charge is 2.48. The zero-order valence-corrected chi connectivity index (χ0v) is 9.50. The molecule has 3 aliphatic rings. The zero-order valence-electron chi connectivity index (χ0n) is 9.50. The Morgan fingerprint density at radius 2 is 1.94 bits per heavy atom. The smallest absolute Gasteiger partial charge is 0.248 e. The lowest BCUT2D eigenvalue weighted by Crippen LogP contribution is -2.65. The molecule has 1 aliphatic heterocycles. The summed E-state index contributed by atoms with van der Waals surface area (Å²) < 4.78 is 0. The number of hydrogen-bond acceptors (Lipinski definition) is 2. The maximum Gasteiger partial charge on any atom is 0.248 e. The fourth-order valence-electron chi connectivity index (χ4n) is 2.98. The molecule has 2 aliphatic carbocycles. The predicted octanol–water partition coefficient (Wildman–Crippen LogP) is 0.668. The van der Waals surface area contributed by atoms with E-state index in [4.69, 9.17) is 0 Å². The number of carbonyl (C=O) groups is 2. The van der Waals surface area contributed by atoms with Gasteiger partial charge in [-0.3, -0.25) is 9.59 Å². The van der Waals surface area contributed by atoms with Crippen molar-refractivity contribution >= 4 is 11.8 Å². The Bertz CT molecular complexity index is 330. The Morgan fingerprint density at radius 1 is 1.25 bits per heavy atom. The lowest BCUT2D eigenvalue weighted by molar-refractivity contribution is -0.149. The minimum Gasteiger partial charge on any atom is -0.340 e. The molecule has 0 bridgehead atoms. The van der Waals surface area contributed by atoms with Gasteiger partial charge in [0.25, 0.3) is 0 Å². The molecular formula is C12H18N2O2. The summed E-state index contributed by atoms with van der Waals surface area (Å²) in [6, 6.07) is 0. The maximum atomic E-state index is 12.4. The number of amides is 2. The Labute approximate surface area is 95.4 Å². The Morgan fingerprint density at radius 3 is 2.56 bits per heavy atom. The van der Waals surface area contributed by atoms with Crippen LogP contribution in [0, 0.1) is 5.92 Å². The zero-order chi connectivity index (χ0) is 11.2. The summed E-state index contributed by atoms with van der Waals surface area (Å²) in [5.74, 6) is 0.868. The van der Waals surface area contributed by atoms with Gasteiger partial charge in [0.2, 0.25) is 11.8 Å². The summed E-state index contributed by atoms with van der Waals surface area (Å²) >= 11 is 0. The van der Waals surface area contributed by atoms with Crippen LogP contribution < -0.4 is 5.32 Å². The van der Waals surface area contributed by atoms with Crippen LogP contribution in [-0.4, -0.2) is 35.3 Å². The van der Waals surface area contributed by atoms with Crippen molar-refractivity contribution in [3.63, 3.8) is 0 Å². The van der Waals surface area contributed by atoms with E-state index < -0.39 is 5.54 Å². The second-order valence-corrected chi connectivity index (χ2v) is 5.47. The van der Waals surface area contributed by atoms with Crippen molar-refractivity contribution in [1.82, 2.24) is 10.2 Å². The third-order valence-corrected chi connectivity index (χ3v) is 4.04. The van der Waals surface area contributed by atoms with Crippen LogP contribution in [0.4, 0.5) is 0 Å². The topological polar surface area (TPSA) is 49.4 Å². The summed E-state index contributed by atoms with van der Waals surface area (Å²) in [7, 11) is 0. The number of hydrogen-bond donors (Lipinski definition) is 1. The first kappa shape index (κ1) is 10.1. The summed E-state index contributed by atoms with van der Waals surface area (Å²) in [6.45, 7) is 1.07. The van der Waals surface area contributed by atoms with Gasteiger partial charge in [0.15, 0.2) is 0 Å². The Balaban J connectivity index is 1.78. The quantitative estimate of drug-likeness (QED) is 0.746. The van der Waals surface area contributed by atoms with Gasteiger partial charge >= 0.3 is 0 Å². The molecule has 2 amide bonds. The van der Waals surface area contributed by atoms with Crippen LogP contribution in [0.15, 0.2) is 0 Å². The molecule has 3 rings (SSSR count). The molecular weight excluding hydrogens is 204 g/mol. The number of rotatable bonds is 2. The number of carbonyl (C=O) groups excluding carboxylic acids is 2. The van der Waals surface area contributed by atoms with Crippen LogP contribution in [0.5, 0.6) is 0 Å². The minimum atomic E-state index is -0.524. The maximum absolute atomic E-state index is 12.4. The first-order valence-corrected chi connectivity index (χ1v) is 6.30. The van der Waals surface area contributed by atoms with Crippen LogP contribution in [0.2, 0.25) is 0 Å². The van der Waals surface area contributed by atoms with Gasteiger partial charge in [0.05, 0.1) is 6.54 Å². The summed E-state index contributed by atoms with van der Waals surface area (Å²) in [4.78, 5) is 25.8. The number of nitrogens with zero attached hydrogens (tertiary/aromatic N) is 1. The molecule has 4 heteroatoms. The van der Waals surface area contributed by atoms with Crippen molar-refractivity contribution in [2.75, 3.05) is 13.1 Å². The second kappa shape index (κ2) is 3.47. The minimum absolute atomic E-state index is 0.0298. The van der Waals surface area contributed by atoms with E-state index in [1.807, 2.05) is 0 Å². The fraction of sp³-hybridized carbons (Fsp3) is 0.833. The van der Waals surface area contributed by atoms with E-state index in [1.54, 1.807) is 4.90 Å². The third kappa shape index (κ3) is 1.60. The van der Waals surface area contributed by atoms with Gasteiger partial charge in [0.1, 0.15) is 5.54 Å². The third-order valence-electron chi connectivity index (χ3n) is 4.04. The molecule has 3 fully saturated rings. The number of nitrogens with one attached hydrogen (secondary N) is 1. The van der Waals surface area contributed by atoms with Crippen molar-refractivity contribution in [2.45, 2.75) is 44.1 Å². The standard InChI is InChI=1S/C12H18N2O2/c15-10-8-14(7-9-3-4-9)11(16)12(13-10)5-1-2-6-12/h9H,1-8H2,(H,13,15). The van der Waals surface area contributed by atoms with E-state index in [1.165, 1.54) is 12.8 Å². The van der Waals surface area contributed by atoms with Gasteiger partial charge in [-0.25, -0.2) is 0 Å². The molecule has 1 N–H and O–H groups in total. The second-order valence-electron chi connectivity index (χ2n) is 5.47. The average molecular weight is 222 g/mol. The van der Waals surface area contributed by atoms with Crippen LogP contribution in [0.3, 0.4) is 0 Å². The van der Waals surface area contributed by atoms with E-state index in [0.717, 1.165) is 32.2 Å². The Hall–Kier alpha value is -1.06. The largest absolute Gasteiger partial charge is 0.340 e. The molecule has 1 spiro atoms. The highest BCUT2D eigenvalue weighted by atomic mass is 16.2. The molecule has 0 atom stereocenters. The molecule has 0 aromatic heterocycles. The molecule has 0 unspecified atom stereocenters. The summed E-state index contributed by atoms with van der Waals surface area (Å²) in [5.41, 5.74) is -0.524. The van der Waals surface area contributed by atoms with Crippen LogP contribution >= 0.6 is 0 Å². The Kier molecular flexibility index (Phi) is 2.19. The highest BCUT2D eigenvalue weighted by molar-refractivity contribution is 5.98. The summed E-state index contributed by atoms with van der Waals surface area (Å²) in [5, 5.41) is 2.93. The molecule has 0 aromatic rings. The van der Waals surface area contributed by atoms with Gasteiger partial charge in [-0.1, -0.05) is 12.8 Å². The van der Waals surface area contributed by atoms with Crippen molar-refractivity contribution in [3.05, 3.63) is 0 Å². The first-order valence-electron chi connectivity index (χ1n) is 6.30. The van der Waals surface area contributed by atoms with E-state index in [9.17, 15) is 9.59 Å². The van der Waals surface area contributed by atoms with Crippen molar-refractivity contribution < 1.29 is 9.59 Å². The SMILES string of the molecule is O=C1CN(CC2CC2)C(=O)C2(CCCC2)N1. The van der Waals surface area contributed by atoms with Crippen molar-refractivity contribution in [2.24, 2.45) is 5.92 Å². The lowest BCUT2D eigenvalue weighted by Gasteiger charge is -2.39. The molecule has 0 aromatic carbocycles. The van der Waals surface area contributed by atoms with E-state index in [2.05, 4.69) is 5.32 Å². The van der Waals surface area contributed by atoms with Gasteiger partial charge < -0.3 is 10.2 Å². The van der Waals surface area contributed by atoms with Crippen molar-refractivity contribution in [1.29, 1.82) is 0 Å². The molecule has 2 saturated carbocycles. The van der Waals surface area contributed by atoms with Crippen LogP contribution in [0.1, 0.15) is 38.5 Å². The molecule has 4 nitrogen and oxygen atoms in total. The normalized spacial score (nSPS) is 28.6. The molecule has 88 valence electrons. The van der Waals surface area contributed by atoms with Crippen LogP contribution in [-0.2, 0) is 9.59 Å². The molecule has 16 heavy (non-hydrogen) atoms. The molecule has 0 radical (unpaired) electrons. The van der Waals surface area contributed by atoms with Gasteiger partial charge in [-0.15, -0.1) is 0 Å². The summed E-state index contributed by atoms with van der Waals surface area (Å²) in [6.07, 6.45) is 6.22. The molecule has 1 heterocycles. The number of piperazine rings is 1. The monoisotopic (exact) mass is 222 g/mol. The predicted molar refractivity (Wildman–Crippen MR) is 58.6 cm³/mol. The highest BCUT2D eigenvalue weighted by Crippen LogP contribution is 2.36. The van der Waals surface area contributed by atoms with Gasteiger partial charge in [0, 0.05) is 6.54 Å². The molecule has 1 saturated heterocycles. The van der Waals surface area contributed by atoms with E-state index in [-0.39, 0.29) is 18.4 Å². The fourth-order valence-corrected chi connectivity index (χ4v) is 2.98. The first-order chi connectivity index (χ1) is 7.70.